The first kappa shape index (κ1) is 11.8. The van der Waals surface area contributed by atoms with Crippen LogP contribution in [0, 0.1) is 0 Å². The highest BCUT2D eigenvalue weighted by molar-refractivity contribution is 5.67. The number of fused-ring (bicyclic) bond motifs is 1. The standard InChI is InChI=1S/C14H18O3/c1-15-12-9-10-7-5-4-6-8-11(10)13(16-2)14(12)17-3/h5,7,9H,4,6,8H2,1-3H3. The van der Waals surface area contributed by atoms with Crippen molar-refractivity contribution in [2.75, 3.05) is 21.3 Å². The van der Waals surface area contributed by atoms with Crippen LogP contribution in [0.2, 0.25) is 0 Å². The molecule has 0 radical (unpaired) electrons. The molecule has 3 heteroatoms. The summed E-state index contributed by atoms with van der Waals surface area (Å²) in [6.07, 6.45) is 7.56. The fourth-order valence-electron chi connectivity index (χ4n) is 2.25. The van der Waals surface area contributed by atoms with E-state index in [1.54, 1.807) is 21.3 Å². The average molecular weight is 234 g/mol. The Morgan fingerprint density at radius 3 is 2.41 bits per heavy atom. The first-order chi connectivity index (χ1) is 8.31. The highest BCUT2D eigenvalue weighted by atomic mass is 16.5. The lowest BCUT2D eigenvalue weighted by molar-refractivity contribution is 0.322. The molecule has 0 bridgehead atoms. The van der Waals surface area contributed by atoms with E-state index in [1.165, 1.54) is 5.56 Å². The Morgan fingerprint density at radius 1 is 1.00 bits per heavy atom. The normalized spacial score (nSPS) is 13.8. The molecule has 1 aliphatic rings. The van der Waals surface area contributed by atoms with E-state index in [4.69, 9.17) is 14.2 Å². The van der Waals surface area contributed by atoms with Crippen LogP contribution in [0.3, 0.4) is 0 Å². The van der Waals surface area contributed by atoms with Crippen LogP contribution in [-0.2, 0) is 6.42 Å². The van der Waals surface area contributed by atoms with Crippen LogP contribution in [-0.4, -0.2) is 21.3 Å². The molecule has 0 aliphatic heterocycles. The van der Waals surface area contributed by atoms with Gasteiger partial charge in [0.05, 0.1) is 21.3 Å². The molecule has 1 aliphatic carbocycles. The van der Waals surface area contributed by atoms with Gasteiger partial charge >= 0.3 is 0 Å². The van der Waals surface area contributed by atoms with Crippen molar-refractivity contribution in [1.82, 2.24) is 0 Å². The van der Waals surface area contributed by atoms with Crippen molar-refractivity contribution in [1.29, 1.82) is 0 Å². The van der Waals surface area contributed by atoms with Crippen molar-refractivity contribution in [3.8, 4) is 17.2 Å². The molecule has 0 fully saturated rings. The molecule has 0 saturated heterocycles. The van der Waals surface area contributed by atoms with Crippen molar-refractivity contribution in [2.24, 2.45) is 0 Å². The summed E-state index contributed by atoms with van der Waals surface area (Å²) in [7, 11) is 4.95. The van der Waals surface area contributed by atoms with Gasteiger partial charge < -0.3 is 14.2 Å². The average Bonchev–Trinajstić information content (AvgIpc) is 2.60. The molecule has 92 valence electrons. The molecule has 3 nitrogen and oxygen atoms in total. The number of rotatable bonds is 3. The van der Waals surface area contributed by atoms with E-state index in [0.717, 1.165) is 36.3 Å². The Morgan fingerprint density at radius 2 is 1.76 bits per heavy atom. The maximum absolute atomic E-state index is 5.49. The summed E-state index contributed by atoms with van der Waals surface area (Å²) < 4.78 is 16.2. The molecule has 0 saturated carbocycles. The SMILES string of the molecule is COc1cc2c(c(OC)c1OC)CCCC=C2. The quantitative estimate of drug-likeness (QED) is 0.804. The van der Waals surface area contributed by atoms with Crippen molar-refractivity contribution >= 4 is 6.08 Å². The summed E-state index contributed by atoms with van der Waals surface area (Å²) in [5.41, 5.74) is 2.37. The van der Waals surface area contributed by atoms with Gasteiger partial charge in [-0.1, -0.05) is 12.2 Å². The van der Waals surface area contributed by atoms with Crippen LogP contribution >= 0.6 is 0 Å². The zero-order valence-corrected chi connectivity index (χ0v) is 10.6. The number of hydrogen-bond donors (Lipinski definition) is 0. The van der Waals surface area contributed by atoms with E-state index in [2.05, 4.69) is 12.2 Å². The van der Waals surface area contributed by atoms with E-state index in [9.17, 15) is 0 Å². The van der Waals surface area contributed by atoms with Crippen molar-refractivity contribution in [3.05, 3.63) is 23.3 Å². The van der Waals surface area contributed by atoms with Crippen LogP contribution in [0.5, 0.6) is 17.2 Å². The van der Waals surface area contributed by atoms with Crippen LogP contribution in [0.4, 0.5) is 0 Å². The fourth-order valence-corrected chi connectivity index (χ4v) is 2.25. The molecule has 0 heterocycles. The van der Waals surface area contributed by atoms with E-state index < -0.39 is 0 Å². The minimum absolute atomic E-state index is 0.684. The molecule has 17 heavy (non-hydrogen) atoms. The summed E-state index contributed by atoms with van der Waals surface area (Å²) in [6.45, 7) is 0. The third-order valence-corrected chi connectivity index (χ3v) is 3.06. The topological polar surface area (TPSA) is 27.7 Å². The fraction of sp³-hybridized carbons (Fsp3) is 0.429. The zero-order valence-electron chi connectivity index (χ0n) is 10.6. The molecule has 2 rings (SSSR count). The predicted octanol–water partition coefficient (Wildman–Crippen LogP) is 3.06. The largest absolute Gasteiger partial charge is 0.493 e. The summed E-state index contributed by atoms with van der Waals surface area (Å²) in [6, 6.07) is 2.01. The summed E-state index contributed by atoms with van der Waals surface area (Å²) in [5.74, 6) is 2.20. The third-order valence-electron chi connectivity index (χ3n) is 3.06. The van der Waals surface area contributed by atoms with Crippen molar-refractivity contribution in [3.63, 3.8) is 0 Å². The molecule has 0 atom stereocenters. The van der Waals surface area contributed by atoms with Gasteiger partial charge in [0.2, 0.25) is 5.75 Å². The number of ether oxygens (including phenoxy) is 3. The van der Waals surface area contributed by atoms with Gasteiger partial charge in [-0.2, -0.15) is 0 Å². The first-order valence-electron chi connectivity index (χ1n) is 5.80. The molecule has 0 N–H and O–H groups in total. The molecule has 0 spiro atoms. The molecule has 1 aromatic rings. The third kappa shape index (κ3) is 2.09. The monoisotopic (exact) mass is 234 g/mol. The van der Waals surface area contributed by atoms with Crippen molar-refractivity contribution in [2.45, 2.75) is 19.3 Å². The molecular weight excluding hydrogens is 216 g/mol. The highest BCUT2D eigenvalue weighted by Crippen LogP contribution is 2.43. The van der Waals surface area contributed by atoms with Crippen LogP contribution in [0.25, 0.3) is 6.08 Å². The van der Waals surface area contributed by atoms with Gasteiger partial charge in [-0.25, -0.2) is 0 Å². The van der Waals surface area contributed by atoms with Gasteiger partial charge in [0.1, 0.15) is 0 Å². The Kier molecular flexibility index (Phi) is 3.57. The minimum atomic E-state index is 0.684. The van der Waals surface area contributed by atoms with E-state index in [1.807, 2.05) is 6.07 Å². The second-order valence-corrected chi connectivity index (χ2v) is 4.01. The number of benzene rings is 1. The predicted molar refractivity (Wildman–Crippen MR) is 68.1 cm³/mol. The molecular formula is C14H18O3. The maximum Gasteiger partial charge on any atom is 0.203 e. The first-order valence-corrected chi connectivity index (χ1v) is 5.80. The lowest BCUT2D eigenvalue weighted by atomic mass is 10.0. The van der Waals surface area contributed by atoms with Gasteiger partial charge in [-0.15, -0.1) is 0 Å². The zero-order chi connectivity index (χ0) is 12.3. The van der Waals surface area contributed by atoms with Crippen LogP contribution < -0.4 is 14.2 Å². The molecule has 1 aromatic carbocycles. The summed E-state index contributed by atoms with van der Waals surface area (Å²) >= 11 is 0. The van der Waals surface area contributed by atoms with Gasteiger partial charge in [-0.3, -0.25) is 0 Å². The Hall–Kier alpha value is -1.64. The van der Waals surface area contributed by atoms with Gasteiger partial charge in [0, 0.05) is 5.56 Å². The lowest BCUT2D eigenvalue weighted by Crippen LogP contribution is -2.01. The van der Waals surface area contributed by atoms with E-state index in [-0.39, 0.29) is 0 Å². The van der Waals surface area contributed by atoms with Crippen LogP contribution in [0.15, 0.2) is 12.1 Å². The summed E-state index contributed by atoms with van der Waals surface area (Å²) in [4.78, 5) is 0. The second kappa shape index (κ2) is 5.13. The molecule has 0 amide bonds. The van der Waals surface area contributed by atoms with Gasteiger partial charge in [0.15, 0.2) is 11.5 Å². The minimum Gasteiger partial charge on any atom is -0.493 e. The number of allylic oxidation sites excluding steroid dienone is 1. The Balaban J connectivity index is 2.64. The number of hydrogen-bond acceptors (Lipinski definition) is 3. The molecule has 0 unspecified atom stereocenters. The Bertz CT molecular complexity index is 436. The smallest absolute Gasteiger partial charge is 0.203 e. The number of methoxy groups -OCH3 is 3. The van der Waals surface area contributed by atoms with Crippen molar-refractivity contribution < 1.29 is 14.2 Å². The van der Waals surface area contributed by atoms with E-state index in [0.29, 0.717) is 5.75 Å². The Labute approximate surface area is 102 Å². The maximum atomic E-state index is 5.49. The van der Waals surface area contributed by atoms with Gasteiger partial charge in [-0.05, 0) is 30.9 Å². The lowest BCUT2D eigenvalue weighted by Gasteiger charge is -2.17. The summed E-state index contributed by atoms with van der Waals surface area (Å²) in [5, 5.41) is 0. The highest BCUT2D eigenvalue weighted by Gasteiger charge is 2.19. The van der Waals surface area contributed by atoms with Crippen LogP contribution in [0.1, 0.15) is 24.0 Å². The van der Waals surface area contributed by atoms with E-state index >= 15 is 0 Å². The second-order valence-electron chi connectivity index (χ2n) is 4.01. The molecule has 0 aromatic heterocycles. The van der Waals surface area contributed by atoms with Gasteiger partial charge in [0.25, 0.3) is 0 Å².